The van der Waals surface area contributed by atoms with Crippen LogP contribution in [0.4, 0.5) is 0 Å². The van der Waals surface area contributed by atoms with E-state index < -0.39 is 24.3 Å². The molecule has 0 aliphatic heterocycles. The fourth-order valence-electron chi connectivity index (χ4n) is 9.65. The molecule has 79 heavy (non-hydrogen) atoms. The summed E-state index contributed by atoms with van der Waals surface area (Å²) in [6.45, 7) is 4.76. The van der Waals surface area contributed by atoms with Crippen molar-refractivity contribution in [3.63, 3.8) is 0 Å². The Morgan fingerprint density at radius 3 is 1.09 bits per heavy atom. The van der Waals surface area contributed by atoms with Crippen molar-refractivity contribution in [2.24, 2.45) is 0 Å². The van der Waals surface area contributed by atoms with E-state index in [0.29, 0.717) is 23.9 Å². The smallest absolute Gasteiger partial charge is 0.361 e. The number of carboxylic acid groups (broad SMARTS) is 1. The fourth-order valence-corrected chi connectivity index (χ4v) is 9.65. The molecule has 2 unspecified atom stereocenters. The molecule has 0 amide bonds. The number of quaternary nitrogens is 1. The Labute approximate surface area is 488 Å². The summed E-state index contributed by atoms with van der Waals surface area (Å²) in [6.07, 6.45) is 76.4. The van der Waals surface area contributed by atoms with Gasteiger partial charge in [-0.3, -0.25) is 9.59 Å². The van der Waals surface area contributed by atoms with Gasteiger partial charge in [-0.15, -0.1) is 0 Å². The van der Waals surface area contributed by atoms with Gasteiger partial charge >= 0.3 is 17.9 Å². The Kier molecular flexibility index (Phi) is 58.7. The largest absolute Gasteiger partial charge is 0.477 e. The maximum atomic E-state index is 12.9. The topological polar surface area (TPSA) is 108 Å². The van der Waals surface area contributed by atoms with E-state index in [4.69, 9.17) is 18.9 Å². The van der Waals surface area contributed by atoms with Crippen LogP contribution in [-0.4, -0.2) is 87.4 Å². The molecule has 9 nitrogen and oxygen atoms in total. The Hall–Kier alpha value is -3.01. The van der Waals surface area contributed by atoms with Gasteiger partial charge in [-0.25, -0.2) is 4.79 Å². The Balaban J connectivity index is 3.99. The van der Waals surface area contributed by atoms with Gasteiger partial charge in [-0.2, -0.15) is 0 Å². The first-order valence-electron chi connectivity index (χ1n) is 33.5. The van der Waals surface area contributed by atoms with Gasteiger partial charge in [0.25, 0.3) is 6.29 Å². The number of carbonyl (C=O) groups excluding carboxylic acids is 2. The second-order valence-corrected chi connectivity index (χ2v) is 23.7. The third-order valence-corrected chi connectivity index (χ3v) is 14.8. The highest BCUT2D eigenvalue weighted by Gasteiger charge is 2.25. The van der Waals surface area contributed by atoms with Crippen molar-refractivity contribution in [1.82, 2.24) is 0 Å². The number of esters is 2. The molecular weight excluding hydrogens is 983 g/mol. The highest BCUT2D eigenvalue weighted by atomic mass is 16.7. The summed E-state index contributed by atoms with van der Waals surface area (Å²) >= 11 is 0. The van der Waals surface area contributed by atoms with Crippen LogP contribution in [0.25, 0.3) is 0 Å². The lowest BCUT2D eigenvalue weighted by Crippen LogP contribution is -2.40. The number of unbranched alkanes of at least 4 members (excludes halogenated alkanes) is 37. The molecule has 0 aliphatic rings. The molecule has 0 aromatic heterocycles. The molecule has 0 spiro atoms. The van der Waals surface area contributed by atoms with Gasteiger partial charge < -0.3 is 28.5 Å². The summed E-state index contributed by atoms with van der Waals surface area (Å²) < 4.78 is 22.9. The van der Waals surface area contributed by atoms with E-state index in [2.05, 4.69) is 74.6 Å². The van der Waals surface area contributed by atoms with E-state index in [1.807, 2.05) is 21.1 Å². The number of carboxylic acids is 1. The third-order valence-electron chi connectivity index (χ3n) is 14.8. The van der Waals surface area contributed by atoms with Crippen molar-refractivity contribution in [2.45, 2.75) is 322 Å². The van der Waals surface area contributed by atoms with Crippen LogP contribution in [0.5, 0.6) is 0 Å². The number of hydrogen-bond donors (Lipinski definition) is 1. The average Bonchev–Trinajstić information content (AvgIpc) is 3.42. The molecule has 1 N–H and O–H groups in total. The highest BCUT2D eigenvalue weighted by Crippen LogP contribution is 2.18. The second-order valence-electron chi connectivity index (χ2n) is 23.7. The predicted molar refractivity (Wildman–Crippen MR) is 336 cm³/mol. The summed E-state index contributed by atoms with van der Waals surface area (Å²) in [5, 5.41) is 9.71. The van der Waals surface area contributed by atoms with Crippen LogP contribution in [-0.2, 0) is 33.3 Å². The number of ether oxygens (including phenoxy) is 4. The number of hydrogen-bond acceptors (Lipinski definition) is 7. The summed E-state index contributed by atoms with van der Waals surface area (Å²) in [5.74, 6) is -2.03. The van der Waals surface area contributed by atoms with Crippen LogP contribution in [0, 0.1) is 0 Å². The summed E-state index contributed by atoms with van der Waals surface area (Å²) in [4.78, 5) is 37.5. The van der Waals surface area contributed by atoms with Crippen molar-refractivity contribution >= 4 is 17.9 Å². The maximum Gasteiger partial charge on any atom is 0.361 e. The lowest BCUT2D eigenvalue weighted by Gasteiger charge is -2.25. The minimum atomic E-state index is -1.52. The second kappa shape index (κ2) is 61.1. The maximum absolute atomic E-state index is 12.9. The van der Waals surface area contributed by atoms with Gasteiger partial charge in [0.15, 0.2) is 6.10 Å². The Morgan fingerprint density at radius 1 is 0.392 bits per heavy atom. The SMILES string of the molecule is CC/C=C\C/C=C\C/C=C\C/C=C\CCCCCCC(=O)OC(COC(=O)CCCCCCCCCCCCCCCCCCCCCCCCCCC/C=C\CCCCCCCCCC)COC(OCC[N+](C)(C)C)C(=O)O. The lowest BCUT2D eigenvalue weighted by molar-refractivity contribution is -0.870. The number of rotatable bonds is 62. The summed E-state index contributed by atoms with van der Waals surface area (Å²) in [7, 11) is 5.96. The summed E-state index contributed by atoms with van der Waals surface area (Å²) in [5.41, 5.74) is 0. The van der Waals surface area contributed by atoms with Gasteiger partial charge in [0, 0.05) is 12.8 Å². The monoisotopic (exact) mass is 1110 g/mol. The molecular formula is C70H128NO8+. The van der Waals surface area contributed by atoms with Crippen molar-refractivity contribution < 1.29 is 42.9 Å². The molecule has 0 rings (SSSR count). The normalized spacial score (nSPS) is 13.1. The van der Waals surface area contributed by atoms with Gasteiger partial charge in [0.05, 0.1) is 34.4 Å². The number of likely N-dealkylation sites (N-methyl/N-ethyl adjacent to an activating group) is 1. The number of carbonyl (C=O) groups is 3. The third kappa shape index (κ3) is 62.4. The molecule has 0 saturated heterocycles. The van der Waals surface area contributed by atoms with E-state index in [1.54, 1.807) is 0 Å². The van der Waals surface area contributed by atoms with Gasteiger partial charge in [0.2, 0.25) is 0 Å². The van der Waals surface area contributed by atoms with Gasteiger partial charge in [0.1, 0.15) is 13.2 Å². The molecule has 0 aliphatic carbocycles. The first-order valence-corrected chi connectivity index (χ1v) is 33.5. The highest BCUT2D eigenvalue weighted by molar-refractivity contribution is 5.71. The average molecular weight is 1110 g/mol. The first kappa shape index (κ1) is 76.0. The van der Waals surface area contributed by atoms with Crippen LogP contribution in [0.1, 0.15) is 309 Å². The van der Waals surface area contributed by atoms with Crippen molar-refractivity contribution in [3.05, 3.63) is 60.8 Å². The predicted octanol–water partition coefficient (Wildman–Crippen LogP) is 20.4. The summed E-state index contributed by atoms with van der Waals surface area (Å²) in [6, 6.07) is 0. The minimum absolute atomic E-state index is 0.182. The van der Waals surface area contributed by atoms with Crippen LogP contribution in [0.15, 0.2) is 60.8 Å². The molecule has 0 radical (unpaired) electrons. The van der Waals surface area contributed by atoms with Crippen molar-refractivity contribution in [2.75, 3.05) is 47.5 Å². The molecule has 0 aromatic carbocycles. The van der Waals surface area contributed by atoms with Gasteiger partial charge in [-0.1, -0.05) is 280 Å². The zero-order valence-corrected chi connectivity index (χ0v) is 52.5. The quantitative estimate of drug-likeness (QED) is 0.0211. The zero-order valence-electron chi connectivity index (χ0n) is 52.5. The first-order chi connectivity index (χ1) is 38.6. The number of nitrogens with zero attached hydrogens (tertiary/aromatic N) is 1. The molecule has 2 atom stereocenters. The minimum Gasteiger partial charge on any atom is -0.477 e. The fraction of sp³-hybridized carbons (Fsp3) is 0.814. The van der Waals surface area contributed by atoms with Crippen molar-refractivity contribution in [1.29, 1.82) is 0 Å². The molecule has 0 bridgehead atoms. The number of aliphatic carboxylic acids is 1. The molecule has 0 aromatic rings. The van der Waals surface area contributed by atoms with E-state index in [9.17, 15) is 19.5 Å². The molecule has 460 valence electrons. The molecule has 0 heterocycles. The van der Waals surface area contributed by atoms with E-state index in [0.717, 1.165) is 70.6 Å². The van der Waals surface area contributed by atoms with E-state index in [-0.39, 0.29) is 32.2 Å². The van der Waals surface area contributed by atoms with Gasteiger partial charge in [-0.05, 0) is 77.0 Å². The number of allylic oxidation sites excluding steroid dienone is 10. The van der Waals surface area contributed by atoms with Crippen LogP contribution in [0.3, 0.4) is 0 Å². The zero-order chi connectivity index (χ0) is 57.6. The van der Waals surface area contributed by atoms with E-state index >= 15 is 0 Å². The van der Waals surface area contributed by atoms with Crippen LogP contribution in [0.2, 0.25) is 0 Å². The molecule has 0 fully saturated rings. The standard InChI is InChI=1S/C70H127NO8/c1-6-8-10-12-14-16-18-20-22-24-25-26-27-28-29-30-31-32-33-34-35-36-37-38-39-40-41-42-43-45-46-48-50-52-54-56-58-60-67(72)77-64-66(65-78-70(69(74)75)76-63-62-71(3,4)5)79-68(73)61-59-57-55-53-51-49-47-44-23-21-19-17-15-13-11-9-7-2/h9,11,15,17,21,23-25,47,49,66,70H,6-8,10,12-14,16,18-20,22,26-46,48,50-65H2,1-5H3/p+1/b11-9-,17-15-,23-21-,25-24-,49-47-. The van der Waals surface area contributed by atoms with Crippen LogP contribution < -0.4 is 0 Å². The van der Waals surface area contributed by atoms with Crippen LogP contribution >= 0.6 is 0 Å². The van der Waals surface area contributed by atoms with Crippen molar-refractivity contribution in [3.8, 4) is 0 Å². The Morgan fingerprint density at radius 2 is 0.722 bits per heavy atom. The molecule has 0 saturated carbocycles. The lowest BCUT2D eigenvalue weighted by atomic mass is 10.0. The van der Waals surface area contributed by atoms with E-state index in [1.165, 1.54) is 205 Å². The molecule has 9 heteroatoms. The Bertz CT molecular complexity index is 1480.